The first-order valence-corrected chi connectivity index (χ1v) is 8.02. The Morgan fingerprint density at radius 1 is 1.21 bits per heavy atom. The zero-order valence-electron chi connectivity index (χ0n) is 15.0. The van der Waals surface area contributed by atoms with Crippen molar-refractivity contribution in [3.05, 3.63) is 35.9 Å². The van der Waals surface area contributed by atoms with Gasteiger partial charge < -0.3 is 20.4 Å². The predicted molar refractivity (Wildman–Crippen MR) is 92.7 cm³/mol. The number of amides is 2. The van der Waals surface area contributed by atoms with Crippen LogP contribution in [0.5, 0.6) is 0 Å². The topological polar surface area (TPSA) is 89.9 Å². The number of carbonyl (C=O) groups is 2. The maximum Gasteiger partial charge on any atom is 0.404 e. The molecule has 1 aromatic carbocycles. The highest BCUT2D eigenvalue weighted by atomic mass is 16.4. The first kappa shape index (κ1) is 20.0. The van der Waals surface area contributed by atoms with E-state index in [1.165, 1.54) is 4.90 Å². The fourth-order valence-electron chi connectivity index (χ4n) is 2.41. The van der Waals surface area contributed by atoms with Crippen molar-refractivity contribution < 1.29 is 19.8 Å². The molecule has 2 amide bonds. The monoisotopic (exact) mass is 336 g/mol. The third-order valence-corrected chi connectivity index (χ3v) is 4.32. The van der Waals surface area contributed by atoms with E-state index in [1.54, 1.807) is 14.0 Å². The Hall–Kier alpha value is -2.08. The SMILES string of the molecule is C[C@H]([C@H](O)c1ccccc1)N(C)C(=O)CC(NC(=O)O)C(C)(C)C. The lowest BCUT2D eigenvalue weighted by atomic mass is 9.84. The van der Waals surface area contributed by atoms with E-state index in [-0.39, 0.29) is 12.3 Å². The van der Waals surface area contributed by atoms with E-state index in [4.69, 9.17) is 5.11 Å². The second-order valence-corrected chi connectivity index (χ2v) is 7.17. The molecule has 0 heterocycles. The second-order valence-electron chi connectivity index (χ2n) is 7.17. The summed E-state index contributed by atoms with van der Waals surface area (Å²) in [6.45, 7) is 7.40. The molecular formula is C18H28N2O4. The lowest BCUT2D eigenvalue weighted by Gasteiger charge is -2.34. The quantitative estimate of drug-likeness (QED) is 0.745. The van der Waals surface area contributed by atoms with Gasteiger partial charge in [-0.2, -0.15) is 0 Å². The van der Waals surface area contributed by atoms with Gasteiger partial charge in [0.15, 0.2) is 0 Å². The van der Waals surface area contributed by atoms with Crippen molar-refractivity contribution in [3.63, 3.8) is 0 Å². The molecule has 6 heteroatoms. The van der Waals surface area contributed by atoms with Crippen molar-refractivity contribution in [1.82, 2.24) is 10.2 Å². The molecule has 0 saturated carbocycles. The fraction of sp³-hybridized carbons (Fsp3) is 0.556. The third kappa shape index (κ3) is 5.53. The normalized spacial score (nSPS) is 15.2. The standard InChI is InChI=1S/C18H28N2O4/c1-12(16(22)13-9-7-6-8-10-13)20(5)15(21)11-14(18(2,3)4)19-17(23)24/h6-10,12,14,16,19,22H,11H2,1-5H3,(H,23,24)/t12-,14?,16+/m1/s1. The van der Waals surface area contributed by atoms with Gasteiger partial charge in [0.05, 0.1) is 12.1 Å². The summed E-state index contributed by atoms with van der Waals surface area (Å²) < 4.78 is 0. The van der Waals surface area contributed by atoms with Gasteiger partial charge in [0.25, 0.3) is 0 Å². The Bertz CT molecular complexity index is 554. The summed E-state index contributed by atoms with van der Waals surface area (Å²) in [6, 6.07) is 8.21. The molecule has 0 radical (unpaired) electrons. The first-order chi connectivity index (χ1) is 11.0. The zero-order valence-corrected chi connectivity index (χ0v) is 15.0. The van der Waals surface area contributed by atoms with Gasteiger partial charge >= 0.3 is 6.09 Å². The van der Waals surface area contributed by atoms with E-state index in [2.05, 4.69) is 5.32 Å². The van der Waals surface area contributed by atoms with E-state index in [9.17, 15) is 14.7 Å². The molecule has 0 bridgehead atoms. The number of carbonyl (C=O) groups excluding carboxylic acids is 1. The molecule has 1 rings (SSSR count). The average molecular weight is 336 g/mol. The minimum atomic E-state index is -1.15. The van der Waals surface area contributed by atoms with Crippen LogP contribution in [0.25, 0.3) is 0 Å². The first-order valence-electron chi connectivity index (χ1n) is 8.02. The van der Waals surface area contributed by atoms with Gasteiger partial charge in [-0.3, -0.25) is 4.79 Å². The number of likely N-dealkylation sites (N-methyl/N-ethyl adjacent to an activating group) is 1. The van der Waals surface area contributed by atoms with Crippen LogP contribution in [0.3, 0.4) is 0 Å². The van der Waals surface area contributed by atoms with Crippen molar-refractivity contribution in [2.75, 3.05) is 7.05 Å². The summed E-state index contributed by atoms with van der Waals surface area (Å²) in [5, 5.41) is 21.8. The van der Waals surface area contributed by atoms with Crippen molar-refractivity contribution in [2.45, 2.75) is 52.3 Å². The van der Waals surface area contributed by atoms with E-state index >= 15 is 0 Å². The maximum atomic E-state index is 12.5. The molecule has 0 spiro atoms. The van der Waals surface area contributed by atoms with E-state index in [1.807, 2.05) is 51.1 Å². The van der Waals surface area contributed by atoms with Crippen LogP contribution in [0, 0.1) is 5.41 Å². The van der Waals surface area contributed by atoms with Crippen molar-refractivity contribution in [3.8, 4) is 0 Å². The van der Waals surface area contributed by atoms with Gasteiger partial charge in [-0.25, -0.2) is 4.79 Å². The largest absolute Gasteiger partial charge is 0.465 e. The second kappa shape index (κ2) is 8.15. The average Bonchev–Trinajstić information content (AvgIpc) is 2.51. The van der Waals surface area contributed by atoms with Crippen LogP contribution >= 0.6 is 0 Å². The summed E-state index contributed by atoms with van der Waals surface area (Å²) in [4.78, 5) is 25.0. The van der Waals surface area contributed by atoms with Crippen LogP contribution in [0.1, 0.15) is 45.8 Å². The van der Waals surface area contributed by atoms with Crippen molar-refractivity contribution in [2.24, 2.45) is 5.41 Å². The maximum absolute atomic E-state index is 12.5. The van der Waals surface area contributed by atoms with E-state index in [0.717, 1.165) is 5.56 Å². The number of nitrogens with one attached hydrogen (secondary N) is 1. The van der Waals surface area contributed by atoms with Crippen LogP contribution in [0.15, 0.2) is 30.3 Å². The number of benzene rings is 1. The summed E-state index contributed by atoms with van der Waals surface area (Å²) in [5.74, 6) is -0.217. The van der Waals surface area contributed by atoms with E-state index in [0.29, 0.717) is 0 Å². The Morgan fingerprint density at radius 2 is 1.75 bits per heavy atom. The summed E-state index contributed by atoms with van der Waals surface area (Å²) in [7, 11) is 1.62. The number of aliphatic hydroxyl groups excluding tert-OH is 1. The lowest BCUT2D eigenvalue weighted by molar-refractivity contribution is -0.135. The summed E-state index contributed by atoms with van der Waals surface area (Å²) in [5.41, 5.74) is 0.344. The van der Waals surface area contributed by atoms with Gasteiger partial charge in [0.2, 0.25) is 5.91 Å². The zero-order chi connectivity index (χ0) is 18.5. The molecule has 24 heavy (non-hydrogen) atoms. The van der Waals surface area contributed by atoms with Crippen molar-refractivity contribution >= 4 is 12.0 Å². The number of hydrogen-bond acceptors (Lipinski definition) is 3. The number of hydrogen-bond donors (Lipinski definition) is 3. The Labute approximate surface area is 143 Å². The molecule has 0 aromatic heterocycles. The Kier molecular flexibility index (Phi) is 6.78. The molecule has 1 aromatic rings. The van der Waals surface area contributed by atoms with Gasteiger partial charge in [-0.15, -0.1) is 0 Å². The number of carboxylic acid groups (broad SMARTS) is 1. The van der Waals surface area contributed by atoms with Crippen LogP contribution in [-0.2, 0) is 4.79 Å². The van der Waals surface area contributed by atoms with Gasteiger partial charge in [-0.1, -0.05) is 51.1 Å². The lowest BCUT2D eigenvalue weighted by Crippen LogP contribution is -2.48. The molecule has 0 aliphatic heterocycles. The smallest absolute Gasteiger partial charge is 0.404 e. The van der Waals surface area contributed by atoms with E-state index < -0.39 is 29.7 Å². The number of rotatable bonds is 6. The Morgan fingerprint density at radius 3 is 2.21 bits per heavy atom. The fourth-order valence-corrected chi connectivity index (χ4v) is 2.41. The molecule has 3 atom stereocenters. The number of aliphatic hydroxyl groups is 1. The summed E-state index contributed by atoms with van der Waals surface area (Å²) in [6.07, 6.45) is -1.92. The highest BCUT2D eigenvalue weighted by Gasteiger charge is 2.31. The molecule has 0 aliphatic carbocycles. The molecule has 0 aliphatic rings. The van der Waals surface area contributed by atoms with Gasteiger partial charge in [-0.05, 0) is 17.9 Å². The van der Waals surface area contributed by atoms with Gasteiger partial charge in [0.1, 0.15) is 0 Å². The molecule has 3 N–H and O–H groups in total. The van der Waals surface area contributed by atoms with Gasteiger partial charge in [0, 0.05) is 19.5 Å². The predicted octanol–water partition coefficient (Wildman–Crippen LogP) is 2.64. The summed E-state index contributed by atoms with van der Waals surface area (Å²) >= 11 is 0. The van der Waals surface area contributed by atoms with Crippen LogP contribution in [-0.4, -0.2) is 46.2 Å². The number of nitrogens with zero attached hydrogens (tertiary/aromatic N) is 1. The molecular weight excluding hydrogens is 308 g/mol. The molecule has 134 valence electrons. The third-order valence-electron chi connectivity index (χ3n) is 4.32. The molecule has 6 nitrogen and oxygen atoms in total. The minimum Gasteiger partial charge on any atom is -0.465 e. The molecule has 1 unspecified atom stereocenters. The van der Waals surface area contributed by atoms with Crippen LogP contribution < -0.4 is 5.32 Å². The van der Waals surface area contributed by atoms with Crippen LogP contribution in [0.2, 0.25) is 0 Å². The van der Waals surface area contributed by atoms with Crippen LogP contribution in [0.4, 0.5) is 4.79 Å². The van der Waals surface area contributed by atoms with Crippen molar-refractivity contribution in [1.29, 1.82) is 0 Å². The molecule has 0 saturated heterocycles. The minimum absolute atomic E-state index is 0.0398. The highest BCUT2D eigenvalue weighted by Crippen LogP contribution is 2.25. The highest BCUT2D eigenvalue weighted by molar-refractivity contribution is 5.78. The molecule has 0 fully saturated rings. The Balaban J connectivity index is 2.79.